The maximum atomic E-state index is 3.30. The van der Waals surface area contributed by atoms with Crippen molar-refractivity contribution in [2.24, 2.45) is 0 Å². The molecule has 0 aromatic heterocycles. The Hall–Kier alpha value is -0.120. The SMILES string of the molecule is CNCC1CN(C)CCCN1C(C)C. The van der Waals surface area contributed by atoms with Crippen LogP contribution in [-0.2, 0) is 0 Å². The van der Waals surface area contributed by atoms with Crippen molar-refractivity contribution in [1.82, 2.24) is 15.1 Å². The highest BCUT2D eigenvalue weighted by Crippen LogP contribution is 2.11. The van der Waals surface area contributed by atoms with Crippen LogP contribution in [0, 0.1) is 0 Å². The van der Waals surface area contributed by atoms with Gasteiger partial charge in [0, 0.05) is 31.7 Å². The molecule has 0 bridgehead atoms. The summed E-state index contributed by atoms with van der Waals surface area (Å²) in [6, 6.07) is 1.34. The smallest absolute Gasteiger partial charge is 0.0350 e. The Labute approximate surface area is 88.5 Å². The van der Waals surface area contributed by atoms with E-state index in [0.29, 0.717) is 12.1 Å². The van der Waals surface area contributed by atoms with E-state index in [-0.39, 0.29) is 0 Å². The van der Waals surface area contributed by atoms with Gasteiger partial charge in [0.05, 0.1) is 0 Å². The molecule has 3 heteroatoms. The maximum Gasteiger partial charge on any atom is 0.0350 e. The largest absolute Gasteiger partial charge is 0.318 e. The van der Waals surface area contributed by atoms with E-state index >= 15 is 0 Å². The monoisotopic (exact) mass is 199 g/mol. The first-order valence-electron chi connectivity index (χ1n) is 5.74. The summed E-state index contributed by atoms with van der Waals surface area (Å²) in [6.07, 6.45) is 1.30. The minimum Gasteiger partial charge on any atom is -0.318 e. The number of nitrogens with zero attached hydrogens (tertiary/aromatic N) is 2. The molecule has 0 radical (unpaired) electrons. The van der Waals surface area contributed by atoms with Gasteiger partial charge in [-0.3, -0.25) is 4.90 Å². The summed E-state index contributed by atoms with van der Waals surface area (Å²) in [5.74, 6) is 0. The molecule has 1 atom stereocenters. The van der Waals surface area contributed by atoms with Crippen LogP contribution >= 0.6 is 0 Å². The molecule has 1 heterocycles. The number of nitrogens with one attached hydrogen (secondary N) is 1. The van der Waals surface area contributed by atoms with Gasteiger partial charge in [0.2, 0.25) is 0 Å². The molecule has 0 aromatic rings. The molecule has 1 rings (SSSR count). The van der Waals surface area contributed by atoms with Gasteiger partial charge in [-0.2, -0.15) is 0 Å². The fraction of sp³-hybridized carbons (Fsp3) is 1.00. The summed E-state index contributed by atoms with van der Waals surface area (Å²) < 4.78 is 0. The van der Waals surface area contributed by atoms with Gasteiger partial charge in [-0.15, -0.1) is 0 Å². The molecule has 1 fully saturated rings. The highest BCUT2D eigenvalue weighted by atomic mass is 15.3. The van der Waals surface area contributed by atoms with Gasteiger partial charge >= 0.3 is 0 Å². The molecule has 0 aromatic carbocycles. The molecule has 0 amide bonds. The Kier molecular flexibility index (Phi) is 4.85. The second-order valence-corrected chi connectivity index (χ2v) is 4.66. The number of hydrogen-bond acceptors (Lipinski definition) is 3. The highest BCUT2D eigenvalue weighted by molar-refractivity contribution is 4.82. The summed E-state index contributed by atoms with van der Waals surface area (Å²) in [7, 11) is 4.27. The van der Waals surface area contributed by atoms with Crippen LogP contribution in [0.1, 0.15) is 20.3 Å². The molecule has 1 saturated heterocycles. The highest BCUT2D eigenvalue weighted by Gasteiger charge is 2.24. The predicted octanol–water partition coefficient (Wildman–Crippen LogP) is 0.620. The summed E-state index contributed by atoms with van der Waals surface area (Å²) in [5.41, 5.74) is 0. The molecular formula is C11H25N3. The number of hydrogen-bond donors (Lipinski definition) is 1. The normalized spacial score (nSPS) is 26.8. The third-order valence-corrected chi connectivity index (χ3v) is 3.05. The van der Waals surface area contributed by atoms with Gasteiger partial charge in [-0.25, -0.2) is 0 Å². The molecular weight excluding hydrogens is 174 g/mol. The van der Waals surface area contributed by atoms with E-state index in [1.807, 2.05) is 7.05 Å². The fourth-order valence-electron chi connectivity index (χ4n) is 2.36. The van der Waals surface area contributed by atoms with Crippen LogP contribution in [-0.4, -0.2) is 62.2 Å². The van der Waals surface area contributed by atoms with E-state index in [1.165, 1.54) is 26.1 Å². The van der Waals surface area contributed by atoms with Gasteiger partial charge in [-0.1, -0.05) is 0 Å². The first-order valence-corrected chi connectivity index (χ1v) is 5.74. The summed E-state index contributed by atoms with van der Waals surface area (Å²) in [4.78, 5) is 5.07. The zero-order valence-electron chi connectivity index (χ0n) is 10.1. The molecule has 1 unspecified atom stereocenters. The average Bonchev–Trinajstić information content (AvgIpc) is 2.27. The summed E-state index contributed by atoms with van der Waals surface area (Å²) >= 11 is 0. The minimum absolute atomic E-state index is 0.667. The van der Waals surface area contributed by atoms with E-state index in [2.05, 4.69) is 36.0 Å². The zero-order valence-corrected chi connectivity index (χ0v) is 10.1. The van der Waals surface area contributed by atoms with Crippen molar-refractivity contribution in [3.63, 3.8) is 0 Å². The van der Waals surface area contributed by atoms with Crippen LogP contribution in [0.25, 0.3) is 0 Å². The Morgan fingerprint density at radius 2 is 2.07 bits per heavy atom. The van der Waals surface area contributed by atoms with Crippen LogP contribution < -0.4 is 5.32 Å². The zero-order chi connectivity index (χ0) is 10.6. The van der Waals surface area contributed by atoms with Crippen LogP contribution in [0.5, 0.6) is 0 Å². The lowest BCUT2D eigenvalue weighted by Crippen LogP contribution is -2.48. The predicted molar refractivity (Wildman–Crippen MR) is 61.7 cm³/mol. The van der Waals surface area contributed by atoms with Gasteiger partial charge in [0.1, 0.15) is 0 Å². The molecule has 0 spiro atoms. The van der Waals surface area contributed by atoms with Crippen molar-refractivity contribution in [2.45, 2.75) is 32.4 Å². The van der Waals surface area contributed by atoms with Crippen molar-refractivity contribution in [3.8, 4) is 0 Å². The first-order chi connectivity index (χ1) is 6.65. The van der Waals surface area contributed by atoms with E-state index in [9.17, 15) is 0 Å². The van der Waals surface area contributed by atoms with E-state index in [1.54, 1.807) is 0 Å². The summed E-state index contributed by atoms with van der Waals surface area (Å²) in [5, 5.41) is 3.30. The molecule has 3 nitrogen and oxygen atoms in total. The number of rotatable bonds is 3. The molecule has 1 N–H and O–H groups in total. The van der Waals surface area contributed by atoms with Crippen molar-refractivity contribution >= 4 is 0 Å². The van der Waals surface area contributed by atoms with Crippen molar-refractivity contribution in [1.29, 1.82) is 0 Å². The van der Waals surface area contributed by atoms with Crippen molar-refractivity contribution in [3.05, 3.63) is 0 Å². The maximum absolute atomic E-state index is 3.30. The molecule has 1 aliphatic rings. The molecule has 14 heavy (non-hydrogen) atoms. The van der Waals surface area contributed by atoms with E-state index < -0.39 is 0 Å². The van der Waals surface area contributed by atoms with Crippen LogP contribution in [0.15, 0.2) is 0 Å². The quantitative estimate of drug-likeness (QED) is 0.719. The lowest BCUT2D eigenvalue weighted by molar-refractivity contribution is 0.149. The van der Waals surface area contributed by atoms with Crippen LogP contribution in [0.3, 0.4) is 0 Å². The topological polar surface area (TPSA) is 18.5 Å². The van der Waals surface area contributed by atoms with Crippen molar-refractivity contribution < 1.29 is 0 Å². The Morgan fingerprint density at radius 3 is 2.64 bits per heavy atom. The number of likely N-dealkylation sites (N-methyl/N-ethyl adjacent to an activating group) is 2. The van der Waals surface area contributed by atoms with E-state index in [0.717, 1.165) is 6.54 Å². The van der Waals surface area contributed by atoms with Crippen LogP contribution in [0.2, 0.25) is 0 Å². The Balaban J connectivity index is 2.59. The summed E-state index contributed by atoms with van der Waals surface area (Å²) in [6.45, 7) is 9.38. The lowest BCUT2D eigenvalue weighted by Gasteiger charge is -2.33. The molecule has 84 valence electrons. The van der Waals surface area contributed by atoms with Gasteiger partial charge in [-0.05, 0) is 40.9 Å². The van der Waals surface area contributed by atoms with Gasteiger partial charge in [0.15, 0.2) is 0 Å². The standard InChI is InChI=1S/C11H25N3/c1-10(2)14-7-5-6-13(4)9-11(14)8-12-3/h10-12H,5-9H2,1-4H3. The Morgan fingerprint density at radius 1 is 1.36 bits per heavy atom. The third-order valence-electron chi connectivity index (χ3n) is 3.05. The average molecular weight is 199 g/mol. The fourth-order valence-corrected chi connectivity index (χ4v) is 2.36. The van der Waals surface area contributed by atoms with Gasteiger partial charge < -0.3 is 10.2 Å². The minimum atomic E-state index is 0.667. The molecule has 0 aliphatic carbocycles. The van der Waals surface area contributed by atoms with Crippen LogP contribution in [0.4, 0.5) is 0 Å². The Bertz CT molecular complexity index is 159. The van der Waals surface area contributed by atoms with E-state index in [4.69, 9.17) is 0 Å². The third kappa shape index (κ3) is 3.23. The lowest BCUT2D eigenvalue weighted by atomic mass is 10.2. The molecule has 0 saturated carbocycles. The second kappa shape index (κ2) is 5.69. The molecule has 1 aliphatic heterocycles. The van der Waals surface area contributed by atoms with Crippen molar-refractivity contribution in [2.75, 3.05) is 40.3 Å². The second-order valence-electron chi connectivity index (χ2n) is 4.66. The first kappa shape index (κ1) is 12.0. The van der Waals surface area contributed by atoms with Gasteiger partial charge in [0.25, 0.3) is 0 Å².